The zero-order valence-electron chi connectivity index (χ0n) is 10.8. The van der Waals surface area contributed by atoms with Crippen molar-refractivity contribution in [1.82, 2.24) is 0 Å². The summed E-state index contributed by atoms with van der Waals surface area (Å²) in [6.45, 7) is 0.609. The van der Waals surface area contributed by atoms with Crippen LogP contribution in [0.15, 0.2) is 42.5 Å². The Morgan fingerprint density at radius 3 is 2.25 bits per heavy atom. The quantitative estimate of drug-likeness (QED) is 0.651. The van der Waals surface area contributed by atoms with Crippen molar-refractivity contribution in [2.75, 3.05) is 18.9 Å². The van der Waals surface area contributed by atoms with Gasteiger partial charge in [-0.3, -0.25) is 0 Å². The number of hydrogen-bond acceptors (Lipinski definition) is 3. The summed E-state index contributed by atoms with van der Waals surface area (Å²) in [5.41, 5.74) is 6.28. The molecule has 5 heteroatoms. The molecule has 2 aromatic carbocycles. The molecule has 0 aliphatic carbocycles. The number of halogens is 2. The molecule has 0 heterocycles. The van der Waals surface area contributed by atoms with Gasteiger partial charge in [-0.2, -0.15) is 4.39 Å². The second kappa shape index (κ2) is 6.75. The van der Waals surface area contributed by atoms with Crippen LogP contribution in [0.5, 0.6) is 11.5 Å². The Hall–Kier alpha value is -2.30. The summed E-state index contributed by atoms with van der Waals surface area (Å²) in [6, 6.07) is 11.0. The third kappa shape index (κ3) is 3.60. The van der Waals surface area contributed by atoms with Crippen LogP contribution in [0.4, 0.5) is 14.5 Å². The minimum atomic E-state index is -0.972. The lowest BCUT2D eigenvalue weighted by Gasteiger charge is -2.10. The van der Waals surface area contributed by atoms with Crippen LogP contribution in [0, 0.1) is 11.6 Å². The topological polar surface area (TPSA) is 44.5 Å². The van der Waals surface area contributed by atoms with Crippen molar-refractivity contribution >= 4 is 5.69 Å². The highest BCUT2D eigenvalue weighted by molar-refractivity contribution is 5.51. The third-order valence-electron chi connectivity index (χ3n) is 2.64. The van der Waals surface area contributed by atoms with Gasteiger partial charge in [-0.25, -0.2) is 4.39 Å². The summed E-state index contributed by atoms with van der Waals surface area (Å²) >= 11 is 0. The maximum Gasteiger partial charge on any atom is 0.200 e. The van der Waals surface area contributed by atoms with E-state index in [1.54, 1.807) is 12.1 Å². The van der Waals surface area contributed by atoms with Crippen LogP contribution in [-0.4, -0.2) is 13.2 Å². The first-order valence-electron chi connectivity index (χ1n) is 6.22. The molecule has 2 rings (SSSR count). The third-order valence-corrected chi connectivity index (χ3v) is 2.64. The summed E-state index contributed by atoms with van der Waals surface area (Å²) in [6.07, 6.45) is 0.532. The normalized spacial score (nSPS) is 10.3. The number of nitrogens with two attached hydrogens (primary N) is 1. The van der Waals surface area contributed by atoms with Gasteiger partial charge in [0.2, 0.25) is 5.82 Å². The van der Waals surface area contributed by atoms with E-state index in [2.05, 4.69) is 0 Å². The van der Waals surface area contributed by atoms with Gasteiger partial charge in [0.25, 0.3) is 0 Å². The average Bonchev–Trinajstić information content (AvgIpc) is 2.45. The Morgan fingerprint density at radius 1 is 0.850 bits per heavy atom. The van der Waals surface area contributed by atoms with Gasteiger partial charge in [-0.15, -0.1) is 0 Å². The van der Waals surface area contributed by atoms with Crippen molar-refractivity contribution in [1.29, 1.82) is 0 Å². The Kier molecular flexibility index (Phi) is 4.76. The van der Waals surface area contributed by atoms with Crippen molar-refractivity contribution in [3.63, 3.8) is 0 Å². The number of anilines is 1. The molecule has 3 nitrogen and oxygen atoms in total. The molecule has 0 unspecified atom stereocenters. The standard InChI is InChI=1S/C15H15F2NO2/c16-11-5-3-8-14(15(11)17)20-10-4-9-19-13-7-2-1-6-12(13)18/h1-3,5-8H,4,9-10,18H2. The molecule has 20 heavy (non-hydrogen) atoms. The molecule has 0 amide bonds. The van der Waals surface area contributed by atoms with E-state index in [1.165, 1.54) is 12.1 Å². The van der Waals surface area contributed by atoms with Gasteiger partial charge in [0, 0.05) is 6.42 Å². The molecule has 0 bridgehead atoms. The second-order valence-electron chi connectivity index (χ2n) is 4.14. The maximum atomic E-state index is 13.3. The molecule has 0 aromatic heterocycles. The number of nitrogen functional groups attached to an aromatic ring is 1. The Balaban J connectivity index is 1.75. The number of rotatable bonds is 6. The van der Waals surface area contributed by atoms with E-state index < -0.39 is 11.6 Å². The van der Waals surface area contributed by atoms with E-state index in [0.29, 0.717) is 24.5 Å². The van der Waals surface area contributed by atoms with Crippen LogP contribution in [0.25, 0.3) is 0 Å². The molecule has 0 spiro atoms. The molecular formula is C15H15F2NO2. The molecule has 0 saturated heterocycles. The van der Waals surface area contributed by atoms with Crippen molar-refractivity contribution in [3.8, 4) is 11.5 Å². The molecule has 2 aromatic rings. The van der Waals surface area contributed by atoms with Crippen LogP contribution in [0.1, 0.15) is 6.42 Å². The minimum absolute atomic E-state index is 0.0933. The van der Waals surface area contributed by atoms with Gasteiger partial charge in [-0.05, 0) is 24.3 Å². The number of benzene rings is 2. The van der Waals surface area contributed by atoms with Crippen LogP contribution in [0.3, 0.4) is 0 Å². The summed E-state index contributed by atoms with van der Waals surface area (Å²) < 4.78 is 36.8. The highest BCUT2D eigenvalue weighted by atomic mass is 19.2. The maximum absolute atomic E-state index is 13.3. The Labute approximate surface area is 115 Å². The molecule has 0 aliphatic rings. The van der Waals surface area contributed by atoms with Gasteiger partial charge < -0.3 is 15.2 Å². The molecule has 0 aliphatic heterocycles. The fraction of sp³-hybridized carbons (Fsp3) is 0.200. The van der Waals surface area contributed by atoms with Gasteiger partial charge >= 0.3 is 0 Å². The predicted molar refractivity (Wildman–Crippen MR) is 72.8 cm³/mol. The largest absolute Gasteiger partial charge is 0.491 e. The molecule has 106 valence electrons. The van der Waals surface area contributed by atoms with Crippen molar-refractivity contribution in [2.24, 2.45) is 0 Å². The SMILES string of the molecule is Nc1ccccc1OCCCOc1cccc(F)c1F. The monoisotopic (exact) mass is 279 g/mol. The highest BCUT2D eigenvalue weighted by Crippen LogP contribution is 2.21. The van der Waals surface area contributed by atoms with Gasteiger partial charge in [0.1, 0.15) is 5.75 Å². The first-order valence-corrected chi connectivity index (χ1v) is 6.22. The van der Waals surface area contributed by atoms with Gasteiger partial charge in [-0.1, -0.05) is 18.2 Å². The molecule has 0 radical (unpaired) electrons. The minimum Gasteiger partial charge on any atom is -0.491 e. The van der Waals surface area contributed by atoms with Crippen molar-refractivity contribution < 1.29 is 18.3 Å². The molecule has 0 saturated carbocycles. The molecule has 2 N–H and O–H groups in total. The van der Waals surface area contributed by atoms with Crippen LogP contribution in [0.2, 0.25) is 0 Å². The zero-order chi connectivity index (χ0) is 14.4. The van der Waals surface area contributed by atoms with Crippen LogP contribution in [-0.2, 0) is 0 Å². The number of hydrogen-bond donors (Lipinski definition) is 1. The summed E-state index contributed by atoms with van der Waals surface area (Å²) in [5.74, 6) is -1.38. The number of para-hydroxylation sites is 2. The van der Waals surface area contributed by atoms with Crippen molar-refractivity contribution in [3.05, 3.63) is 54.1 Å². The lowest BCUT2D eigenvalue weighted by atomic mass is 10.3. The summed E-state index contributed by atoms with van der Waals surface area (Å²) in [5, 5.41) is 0. The van der Waals surface area contributed by atoms with Crippen molar-refractivity contribution in [2.45, 2.75) is 6.42 Å². The molecular weight excluding hydrogens is 264 g/mol. The predicted octanol–water partition coefficient (Wildman–Crippen LogP) is 3.39. The number of ether oxygens (including phenoxy) is 2. The summed E-state index contributed by atoms with van der Waals surface area (Å²) in [7, 11) is 0. The first kappa shape index (κ1) is 14.1. The second-order valence-corrected chi connectivity index (χ2v) is 4.14. The van der Waals surface area contributed by atoms with Crippen LogP contribution >= 0.6 is 0 Å². The summed E-state index contributed by atoms with van der Waals surface area (Å²) in [4.78, 5) is 0. The fourth-order valence-corrected chi connectivity index (χ4v) is 1.63. The molecule has 0 atom stereocenters. The fourth-order valence-electron chi connectivity index (χ4n) is 1.63. The van der Waals surface area contributed by atoms with Crippen LogP contribution < -0.4 is 15.2 Å². The van der Waals surface area contributed by atoms with E-state index in [0.717, 1.165) is 6.07 Å². The van der Waals surface area contributed by atoms with E-state index in [9.17, 15) is 8.78 Å². The highest BCUT2D eigenvalue weighted by Gasteiger charge is 2.08. The molecule has 0 fully saturated rings. The van der Waals surface area contributed by atoms with E-state index >= 15 is 0 Å². The van der Waals surface area contributed by atoms with Gasteiger partial charge in [0.15, 0.2) is 11.6 Å². The van der Waals surface area contributed by atoms with Gasteiger partial charge in [0.05, 0.1) is 18.9 Å². The smallest absolute Gasteiger partial charge is 0.200 e. The lowest BCUT2D eigenvalue weighted by molar-refractivity contribution is 0.240. The van der Waals surface area contributed by atoms with E-state index in [1.807, 2.05) is 12.1 Å². The lowest BCUT2D eigenvalue weighted by Crippen LogP contribution is -2.07. The average molecular weight is 279 g/mol. The Bertz CT molecular complexity index is 576. The zero-order valence-corrected chi connectivity index (χ0v) is 10.8. The Morgan fingerprint density at radius 2 is 1.50 bits per heavy atom. The van der Waals surface area contributed by atoms with E-state index in [-0.39, 0.29) is 12.4 Å². The van der Waals surface area contributed by atoms with E-state index in [4.69, 9.17) is 15.2 Å². The first-order chi connectivity index (χ1) is 9.68.